The second-order valence-electron chi connectivity index (χ2n) is 3.97. The lowest BCUT2D eigenvalue weighted by Crippen LogP contribution is -2.21. The standard InChI is InChI=1S/C12H16N2O4/c1-13(2)12(15)8-5-9-18-11-7-4-3-6-10(11)14(16)17/h3-4,6-7H,5,8-9H2,1-2H3. The van der Waals surface area contributed by atoms with Crippen LogP contribution in [0.5, 0.6) is 5.75 Å². The van der Waals surface area contributed by atoms with Crippen molar-refractivity contribution in [2.75, 3.05) is 20.7 Å². The number of nitrogens with zero attached hydrogens (tertiary/aromatic N) is 2. The zero-order valence-corrected chi connectivity index (χ0v) is 10.5. The Bertz CT molecular complexity index is 432. The third-order valence-corrected chi connectivity index (χ3v) is 2.35. The van der Waals surface area contributed by atoms with Gasteiger partial charge in [-0.25, -0.2) is 0 Å². The second kappa shape index (κ2) is 6.58. The van der Waals surface area contributed by atoms with Crippen LogP contribution in [0.4, 0.5) is 5.69 Å². The lowest BCUT2D eigenvalue weighted by molar-refractivity contribution is -0.385. The normalized spacial score (nSPS) is 9.89. The number of carbonyl (C=O) groups excluding carboxylic acids is 1. The van der Waals surface area contributed by atoms with Crippen molar-refractivity contribution in [1.29, 1.82) is 0 Å². The number of hydrogen-bond acceptors (Lipinski definition) is 4. The van der Waals surface area contributed by atoms with Gasteiger partial charge in [-0.15, -0.1) is 0 Å². The zero-order valence-electron chi connectivity index (χ0n) is 10.5. The Balaban J connectivity index is 2.45. The van der Waals surface area contributed by atoms with E-state index < -0.39 is 4.92 Å². The quantitative estimate of drug-likeness (QED) is 0.440. The van der Waals surface area contributed by atoms with Gasteiger partial charge in [-0.2, -0.15) is 0 Å². The maximum absolute atomic E-state index is 11.3. The topological polar surface area (TPSA) is 72.7 Å². The molecule has 1 rings (SSSR count). The number of ether oxygens (including phenoxy) is 1. The first-order valence-corrected chi connectivity index (χ1v) is 5.58. The van der Waals surface area contributed by atoms with E-state index in [4.69, 9.17) is 4.74 Å². The number of nitro groups is 1. The summed E-state index contributed by atoms with van der Waals surface area (Å²) in [4.78, 5) is 23.0. The van der Waals surface area contributed by atoms with Crippen LogP contribution in [0.3, 0.4) is 0 Å². The minimum atomic E-state index is -0.486. The van der Waals surface area contributed by atoms with Gasteiger partial charge in [0.15, 0.2) is 5.75 Å². The fraction of sp³-hybridized carbons (Fsp3) is 0.417. The average Bonchev–Trinajstić information content (AvgIpc) is 2.34. The van der Waals surface area contributed by atoms with Crippen molar-refractivity contribution in [1.82, 2.24) is 4.90 Å². The molecule has 0 heterocycles. The third-order valence-electron chi connectivity index (χ3n) is 2.35. The molecule has 0 spiro atoms. The van der Waals surface area contributed by atoms with Gasteiger partial charge >= 0.3 is 5.69 Å². The van der Waals surface area contributed by atoms with Crippen molar-refractivity contribution in [3.63, 3.8) is 0 Å². The van der Waals surface area contributed by atoms with Crippen LogP contribution in [0.15, 0.2) is 24.3 Å². The molecule has 0 fully saturated rings. The summed E-state index contributed by atoms with van der Waals surface area (Å²) in [7, 11) is 3.37. The summed E-state index contributed by atoms with van der Waals surface area (Å²) in [5, 5.41) is 10.7. The largest absolute Gasteiger partial charge is 0.487 e. The van der Waals surface area contributed by atoms with Crippen LogP contribution in [0, 0.1) is 10.1 Å². The highest BCUT2D eigenvalue weighted by atomic mass is 16.6. The second-order valence-corrected chi connectivity index (χ2v) is 3.97. The number of rotatable bonds is 6. The molecule has 0 bridgehead atoms. The molecule has 18 heavy (non-hydrogen) atoms. The van der Waals surface area contributed by atoms with Crippen LogP contribution in [-0.2, 0) is 4.79 Å². The maximum atomic E-state index is 11.3. The first-order chi connectivity index (χ1) is 8.52. The molecule has 0 saturated carbocycles. The molecule has 6 nitrogen and oxygen atoms in total. The lowest BCUT2D eigenvalue weighted by Gasteiger charge is -2.10. The number of amides is 1. The van der Waals surface area contributed by atoms with E-state index >= 15 is 0 Å². The summed E-state index contributed by atoms with van der Waals surface area (Å²) in [6, 6.07) is 6.19. The van der Waals surface area contributed by atoms with Crippen molar-refractivity contribution < 1.29 is 14.5 Å². The SMILES string of the molecule is CN(C)C(=O)CCCOc1ccccc1[N+](=O)[O-]. The van der Waals surface area contributed by atoms with Crippen LogP contribution in [0.2, 0.25) is 0 Å². The van der Waals surface area contributed by atoms with Crippen molar-refractivity contribution >= 4 is 11.6 Å². The number of para-hydroxylation sites is 2. The molecule has 0 atom stereocenters. The molecule has 0 aliphatic rings. The maximum Gasteiger partial charge on any atom is 0.310 e. The Labute approximate surface area is 105 Å². The number of carbonyl (C=O) groups is 1. The fourth-order valence-corrected chi connectivity index (χ4v) is 1.36. The molecular formula is C12H16N2O4. The van der Waals surface area contributed by atoms with Gasteiger partial charge in [-0.05, 0) is 12.5 Å². The van der Waals surface area contributed by atoms with E-state index in [1.165, 1.54) is 11.0 Å². The summed E-state index contributed by atoms with van der Waals surface area (Å²) in [5.74, 6) is 0.251. The number of nitro benzene ring substituents is 1. The van der Waals surface area contributed by atoms with E-state index in [0.717, 1.165) is 0 Å². The molecule has 6 heteroatoms. The molecule has 1 aromatic carbocycles. The third kappa shape index (κ3) is 4.04. The van der Waals surface area contributed by atoms with Gasteiger partial charge < -0.3 is 9.64 Å². The molecule has 0 radical (unpaired) electrons. The Hall–Kier alpha value is -2.11. The van der Waals surface area contributed by atoms with Crippen molar-refractivity contribution in [3.05, 3.63) is 34.4 Å². The highest BCUT2D eigenvalue weighted by Crippen LogP contribution is 2.25. The molecule has 0 saturated heterocycles. The highest BCUT2D eigenvalue weighted by molar-refractivity contribution is 5.75. The van der Waals surface area contributed by atoms with Crippen molar-refractivity contribution in [3.8, 4) is 5.75 Å². The molecular weight excluding hydrogens is 236 g/mol. The lowest BCUT2D eigenvalue weighted by atomic mass is 10.3. The highest BCUT2D eigenvalue weighted by Gasteiger charge is 2.13. The summed E-state index contributed by atoms with van der Waals surface area (Å²) in [5.41, 5.74) is -0.0589. The monoisotopic (exact) mass is 252 g/mol. The molecule has 1 aromatic rings. The molecule has 1 amide bonds. The summed E-state index contributed by atoms with van der Waals surface area (Å²) < 4.78 is 5.32. The predicted octanol–water partition coefficient (Wildman–Crippen LogP) is 1.84. The van der Waals surface area contributed by atoms with Gasteiger partial charge in [0, 0.05) is 26.6 Å². The first-order valence-electron chi connectivity index (χ1n) is 5.58. The molecule has 0 unspecified atom stereocenters. The van der Waals surface area contributed by atoms with E-state index in [9.17, 15) is 14.9 Å². The molecule has 0 aliphatic heterocycles. The van der Waals surface area contributed by atoms with Gasteiger partial charge in [-0.1, -0.05) is 12.1 Å². The molecule has 98 valence electrons. The van der Waals surface area contributed by atoms with Gasteiger partial charge in [0.05, 0.1) is 11.5 Å². The first kappa shape index (κ1) is 14.0. The van der Waals surface area contributed by atoms with E-state index in [2.05, 4.69) is 0 Å². The van der Waals surface area contributed by atoms with E-state index in [-0.39, 0.29) is 24.0 Å². The predicted molar refractivity (Wildman–Crippen MR) is 66.5 cm³/mol. The van der Waals surface area contributed by atoms with Crippen LogP contribution in [0.1, 0.15) is 12.8 Å². The minimum Gasteiger partial charge on any atom is -0.487 e. The van der Waals surface area contributed by atoms with Gasteiger partial charge in [0.2, 0.25) is 5.91 Å². The smallest absolute Gasteiger partial charge is 0.310 e. The Morgan fingerprint density at radius 2 is 2.06 bits per heavy atom. The Morgan fingerprint density at radius 1 is 1.39 bits per heavy atom. The Morgan fingerprint density at radius 3 is 2.67 bits per heavy atom. The van der Waals surface area contributed by atoms with Crippen molar-refractivity contribution in [2.45, 2.75) is 12.8 Å². The van der Waals surface area contributed by atoms with Gasteiger partial charge in [-0.3, -0.25) is 14.9 Å². The molecule has 0 aliphatic carbocycles. The summed E-state index contributed by atoms with van der Waals surface area (Å²) >= 11 is 0. The van der Waals surface area contributed by atoms with E-state index in [1.807, 2.05) is 0 Å². The van der Waals surface area contributed by atoms with Crippen molar-refractivity contribution in [2.24, 2.45) is 0 Å². The average molecular weight is 252 g/mol. The number of hydrogen-bond donors (Lipinski definition) is 0. The Kier molecular flexibility index (Phi) is 5.10. The molecule has 0 N–H and O–H groups in total. The van der Waals surface area contributed by atoms with Gasteiger partial charge in [0.1, 0.15) is 0 Å². The fourth-order valence-electron chi connectivity index (χ4n) is 1.36. The van der Waals surface area contributed by atoms with Crippen LogP contribution in [0.25, 0.3) is 0 Å². The summed E-state index contributed by atoms with van der Waals surface area (Å²) in [6.45, 7) is 0.282. The van der Waals surface area contributed by atoms with Crippen LogP contribution >= 0.6 is 0 Å². The van der Waals surface area contributed by atoms with E-state index in [0.29, 0.717) is 12.8 Å². The van der Waals surface area contributed by atoms with E-state index in [1.54, 1.807) is 32.3 Å². The minimum absolute atomic E-state index is 0.0150. The number of benzene rings is 1. The van der Waals surface area contributed by atoms with Crippen LogP contribution < -0.4 is 4.74 Å². The summed E-state index contributed by atoms with van der Waals surface area (Å²) in [6.07, 6.45) is 0.899. The van der Waals surface area contributed by atoms with Gasteiger partial charge in [0.25, 0.3) is 0 Å². The zero-order chi connectivity index (χ0) is 13.5. The molecule has 0 aromatic heterocycles. The van der Waals surface area contributed by atoms with Crippen LogP contribution in [-0.4, -0.2) is 36.4 Å².